The number of carbonyl (C=O) groups is 1. The van der Waals surface area contributed by atoms with Gasteiger partial charge in [0.1, 0.15) is 0 Å². The lowest BCUT2D eigenvalue weighted by molar-refractivity contribution is -0.117. The van der Waals surface area contributed by atoms with Crippen molar-refractivity contribution in [1.29, 1.82) is 0 Å². The second kappa shape index (κ2) is 6.99. The molecule has 1 aliphatic heterocycles. The van der Waals surface area contributed by atoms with Crippen LogP contribution in [0.3, 0.4) is 0 Å². The fourth-order valence-electron chi connectivity index (χ4n) is 3.46. The number of aromatic nitrogens is 2. The Morgan fingerprint density at radius 3 is 2.63 bits per heavy atom. The zero-order valence-electron chi connectivity index (χ0n) is 15.8. The van der Waals surface area contributed by atoms with Crippen molar-refractivity contribution >= 4 is 11.6 Å². The number of aryl methyl sites for hydroxylation is 1. The van der Waals surface area contributed by atoms with E-state index >= 15 is 0 Å². The number of amides is 1. The predicted molar refractivity (Wildman–Crippen MR) is 105 cm³/mol. The van der Waals surface area contributed by atoms with E-state index in [0.29, 0.717) is 30.6 Å². The Balaban J connectivity index is 1.52. The first kappa shape index (κ1) is 17.5. The molecular formula is C22H23N3O2. The molecule has 0 saturated carbocycles. The smallest absolute Gasteiger partial charge is 0.232 e. The molecule has 0 spiro atoms. The molecule has 1 amide bonds. The predicted octanol–water partition coefficient (Wildman–Crippen LogP) is 4.69. The lowest BCUT2D eigenvalue weighted by atomic mass is 10.0. The van der Waals surface area contributed by atoms with E-state index in [4.69, 9.17) is 4.52 Å². The molecule has 1 aromatic heterocycles. The Hall–Kier alpha value is -2.95. The second-order valence-electron chi connectivity index (χ2n) is 7.48. The van der Waals surface area contributed by atoms with Crippen LogP contribution < -0.4 is 4.90 Å². The third kappa shape index (κ3) is 3.50. The zero-order chi connectivity index (χ0) is 19.0. The zero-order valence-corrected chi connectivity index (χ0v) is 15.8. The first-order valence-corrected chi connectivity index (χ1v) is 9.32. The quantitative estimate of drug-likeness (QED) is 0.676. The van der Waals surface area contributed by atoms with Gasteiger partial charge in [0.15, 0.2) is 0 Å². The van der Waals surface area contributed by atoms with Crippen molar-refractivity contribution in [2.75, 3.05) is 11.4 Å². The van der Waals surface area contributed by atoms with Gasteiger partial charge in [0.25, 0.3) is 0 Å². The summed E-state index contributed by atoms with van der Waals surface area (Å²) < 4.78 is 5.49. The molecule has 1 fully saturated rings. The summed E-state index contributed by atoms with van der Waals surface area (Å²) in [7, 11) is 0. The maximum absolute atomic E-state index is 12.5. The van der Waals surface area contributed by atoms with Crippen LogP contribution in [0.15, 0.2) is 53.1 Å². The van der Waals surface area contributed by atoms with Gasteiger partial charge in [-0.2, -0.15) is 4.98 Å². The molecule has 1 aliphatic rings. The lowest BCUT2D eigenvalue weighted by Gasteiger charge is -2.17. The largest absolute Gasteiger partial charge is 0.339 e. The lowest BCUT2D eigenvalue weighted by Crippen LogP contribution is -2.24. The van der Waals surface area contributed by atoms with Crippen LogP contribution in [0.5, 0.6) is 0 Å². The Labute approximate surface area is 159 Å². The molecule has 3 aromatic rings. The van der Waals surface area contributed by atoms with Gasteiger partial charge in [-0.15, -0.1) is 0 Å². The number of hydrogen-bond acceptors (Lipinski definition) is 4. The molecule has 0 aliphatic carbocycles. The van der Waals surface area contributed by atoms with Crippen LogP contribution in [0.1, 0.15) is 49.1 Å². The topological polar surface area (TPSA) is 59.2 Å². The standard InChI is InChI=1S/C22H23N3O2/c1-14(2)16-7-9-19(10-8-16)25-13-18(12-20(25)26)22-23-21(24-27-22)17-6-4-5-15(3)11-17/h4-11,14,18H,12-13H2,1-3H3/t18-/m1/s1. The number of anilines is 1. The average molecular weight is 361 g/mol. The van der Waals surface area contributed by atoms with Crippen LogP contribution in [-0.2, 0) is 4.79 Å². The molecule has 138 valence electrons. The molecule has 2 aromatic carbocycles. The van der Waals surface area contributed by atoms with Gasteiger partial charge in [0, 0.05) is 24.2 Å². The van der Waals surface area contributed by atoms with E-state index in [1.807, 2.05) is 48.2 Å². The number of carbonyl (C=O) groups excluding carboxylic acids is 1. The normalized spacial score (nSPS) is 17.1. The molecule has 0 bridgehead atoms. The number of nitrogens with zero attached hydrogens (tertiary/aromatic N) is 3. The molecule has 27 heavy (non-hydrogen) atoms. The van der Waals surface area contributed by atoms with Crippen molar-refractivity contribution in [3.05, 3.63) is 65.5 Å². The monoisotopic (exact) mass is 361 g/mol. The SMILES string of the molecule is Cc1cccc(-c2noc([C@@H]3CC(=O)N(c4ccc(C(C)C)cc4)C3)n2)c1. The molecule has 2 heterocycles. The summed E-state index contributed by atoms with van der Waals surface area (Å²) in [6.07, 6.45) is 0.390. The van der Waals surface area contributed by atoms with E-state index in [0.717, 1.165) is 16.8 Å². The van der Waals surface area contributed by atoms with E-state index < -0.39 is 0 Å². The molecular weight excluding hydrogens is 338 g/mol. The van der Waals surface area contributed by atoms with Crippen LogP contribution >= 0.6 is 0 Å². The average Bonchev–Trinajstić information content (AvgIpc) is 3.29. The maximum Gasteiger partial charge on any atom is 0.232 e. The summed E-state index contributed by atoms with van der Waals surface area (Å²) in [5.41, 5.74) is 4.26. The summed E-state index contributed by atoms with van der Waals surface area (Å²) in [4.78, 5) is 18.9. The molecule has 5 nitrogen and oxygen atoms in total. The van der Waals surface area contributed by atoms with Crippen molar-refractivity contribution in [2.45, 2.75) is 39.0 Å². The van der Waals surface area contributed by atoms with E-state index in [2.05, 4.69) is 36.1 Å². The van der Waals surface area contributed by atoms with Crippen molar-refractivity contribution in [3.63, 3.8) is 0 Å². The molecule has 0 radical (unpaired) electrons. The Kier molecular flexibility index (Phi) is 4.52. The van der Waals surface area contributed by atoms with E-state index in [1.54, 1.807) is 0 Å². The van der Waals surface area contributed by atoms with Crippen LogP contribution in [0.2, 0.25) is 0 Å². The first-order valence-electron chi connectivity index (χ1n) is 9.32. The minimum atomic E-state index is -0.0756. The minimum absolute atomic E-state index is 0.0756. The third-order valence-corrected chi connectivity index (χ3v) is 5.06. The highest BCUT2D eigenvalue weighted by molar-refractivity contribution is 5.96. The van der Waals surface area contributed by atoms with Gasteiger partial charge in [-0.25, -0.2) is 0 Å². The third-order valence-electron chi connectivity index (χ3n) is 5.06. The summed E-state index contributed by atoms with van der Waals surface area (Å²) in [5.74, 6) is 1.59. The fourth-order valence-corrected chi connectivity index (χ4v) is 3.46. The molecule has 0 unspecified atom stereocenters. The fraction of sp³-hybridized carbons (Fsp3) is 0.318. The summed E-state index contributed by atoms with van der Waals surface area (Å²) in [6.45, 7) is 6.92. The molecule has 4 rings (SSSR count). The van der Waals surface area contributed by atoms with Crippen LogP contribution in [0.4, 0.5) is 5.69 Å². The van der Waals surface area contributed by atoms with Crippen molar-refractivity contribution in [1.82, 2.24) is 10.1 Å². The maximum atomic E-state index is 12.5. The number of rotatable bonds is 4. The number of benzene rings is 2. The Bertz CT molecular complexity index is 960. The Morgan fingerprint density at radius 2 is 1.93 bits per heavy atom. The van der Waals surface area contributed by atoms with Gasteiger partial charge < -0.3 is 9.42 Å². The van der Waals surface area contributed by atoms with Crippen molar-refractivity contribution < 1.29 is 9.32 Å². The highest BCUT2D eigenvalue weighted by atomic mass is 16.5. The molecule has 5 heteroatoms. The van der Waals surface area contributed by atoms with Gasteiger partial charge in [0.05, 0.1) is 5.92 Å². The van der Waals surface area contributed by atoms with Gasteiger partial charge in [0.2, 0.25) is 17.6 Å². The van der Waals surface area contributed by atoms with E-state index in [1.165, 1.54) is 5.56 Å². The molecule has 0 N–H and O–H groups in total. The van der Waals surface area contributed by atoms with E-state index in [9.17, 15) is 4.79 Å². The van der Waals surface area contributed by atoms with Crippen molar-refractivity contribution in [2.24, 2.45) is 0 Å². The second-order valence-corrected chi connectivity index (χ2v) is 7.48. The van der Waals surface area contributed by atoms with Crippen molar-refractivity contribution in [3.8, 4) is 11.4 Å². The van der Waals surface area contributed by atoms with E-state index in [-0.39, 0.29) is 11.8 Å². The van der Waals surface area contributed by atoms with Crippen LogP contribution in [-0.4, -0.2) is 22.6 Å². The summed E-state index contributed by atoms with van der Waals surface area (Å²) in [5, 5.41) is 4.11. The molecule has 1 saturated heterocycles. The Morgan fingerprint density at radius 1 is 1.15 bits per heavy atom. The van der Waals surface area contributed by atoms with Gasteiger partial charge >= 0.3 is 0 Å². The summed E-state index contributed by atoms with van der Waals surface area (Å²) in [6, 6.07) is 16.2. The highest BCUT2D eigenvalue weighted by Crippen LogP contribution is 2.32. The van der Waals surface area contributed by atoms with Crippen LogP contribution in [0, 0.1) is 6.92 Å². The molecule has 1 atom stereocenters. The van der Waals surface area contributed by atoms with Gasteiger partial charge in [-0.3, -0.25) is 4.79 Å². The van der Waals surface area contributed by atoms with Gasteiger partial charge in [-0.05, 0) is 36.6 Å². The van der Waals surface area contributed by atoms with Crippen LogP contribution in [0.25, 0.3) is 11.4 Å². The van der Waals surface area contributed by atoms with Gasteiger partial charge in [-0.1, -0.05) is 54.9 Å². The minimum Gasteiger partial charge on any atom is -0.339 e. The summed E-state index contributed by atoms with van der Waals surface area (Å²) >= 11 is 0. The highest BCUT2D eigenvalue weighted by Gasteiger charge is 2.35. The number of hydrogen-bond donors (Lipinski definition) is 0. The first-order chi connectivity index (χ1) is 13.0.